The molecule has 2 aromatic carbocycles. The third kappa shape index (κ3) is 5.55. The van der Waals surface area contributed by atoms with Crippen molar-refractivity contribution in [3.05, 3.63) is 76.6 Å². The van der Waals surface area contributed by atoms with E-state index in [0.29, 0.717) is 17.0 Å². The smallest absolute Gasteiger partial charge is 0.262 e. The maximum absolute atomic E-state index is 13.2. The Labute approximate surface area is 198 Å². The van der Waals surface area contributed by atoms with Crippen molar-refractivity contribution in [2.45, 2.75) is 24.8 Å². The van der Waals surface area contributed by atoms with Crippen LogP contribution >= 0.6 is 11.6 Å². The zero-order valence-corrected chi connectivity index (χ0v) is 20.1. The lowest BCUT2D eigenvalue weighted by Crippen LogP contribution is -2.27. The van der Waals surface area contributed by atoms with E-state index in [4.69, 9.17) is 21.1 Å². The third-order valence-corrected chi connectivity index (χ3v) is 6.74. The molecule has 0 saturated carbocycles. The lowest BCUT2D eigenvalue weighted by atomic mass is 10.1. The molecule has 0 saturated heterocycles. The fourth-order valence-electron chi connectivity index (χ4n) is 3.16. The molecule has 10 heteroatoms. The van der Waals surface area contributed by atoms with Crippen molar-refractivity contribution >= 4 is 33.2 Å². The minimum absolute atomic E-state index is 0.0466. The summed E-state index contributed by atoms with van der Waals surface area (Å²) in [6.45, 7) is 3.44. The molecule has 0 radical (unpaired) electrons. The summed E-state index contributed by atoms with van der Waals surface area (Å²) >= 11 is 6.16. The Balaban J connectivity index is 1.89. The van der Waals surface area contributed by atoms with Crippen molar-refractivity contribution in [1.82, 2.24) is 10.3 Å². The number of hydrogen-bond donors (Lipinski definition) is 2. The van der Waals surface area contributed by atoms with Crippen LogP contribution in [0.4, 0.5) is 5.69 Å². The summed E-state index contributed by atoms with van der Waals surface area (Å²) < 4.78 is 39.3. The van der Waals surface area contributed by atoms with Crippen LogP contribution in [0.25, 0.3) is 0 Å². The summed E-state index contributed by atoms with van der Waals surface area (Å²) in [5, 5.41) is 3.04. The van der Waals surface area contributed by atoms with Gasteiger partial charge in [0.1, 0.15) is 11.5 Å². The fourth-order valence-corrected chi connectivity index (χ4v) is 4.73. The average Bonchev–Trinajstić information content (AvgIpc) is 2.79. The van der Waals surface area contributed by atoms with Gasteiger partial charge in [0.15, 0.2) is 0 Å². The first-order valence-electron chi connectivity index (χ1n) is 9.93. The largest absolute Gasteiger partial charge is 0.495 e. The van der Waals surface area contributed by atoms with E-state index in [-0.39, 0.29) is 33.0 Å². The van der Waals surface area contributed by atoms with Crippen LogP contribution in [0.3, 0.4) is 0 Å². The summed E-state index contributed by atoms with van der Waals surface area (Å²) in [5.74, 6) is 0.151. The number of ether oxygens (including phenoxy) is 2. The number of aromatic nitrogens is 1. The van der Waals surface area contributed by atoms with Gasteiger partial charge >= 0.3 is 0 Å². The van der Waals surface area contributed by atoms with Crippen LogP contribution in [-0.2, 0) is 10.0 Å². The molecule has 0 aliphatic rings. The number of hydrogen-bond acceptors (Lipinski definition) is 6. The number of benzene rings is 2. The summed E-state index contributed by atoms with van der Waals surface area (Å²) in [4.78, 5) is 17.0. The molecule has 1 atom stereocenters. The first-order chi connectivity index (χ1) is 15.7. The van der Waals surface area contributed by atoms with Crippen molar-refractivity contribution in [3.63, 3.8) is 0 Å². The van der Waals surface area contributed by atoms with Crippen LogP contribution in [0.15, 0.2) is 59.6 Å². The van der Waals surface area contributed by atoms with Crippen LogP contribution in [0.2, 0.25) is 5.02 Å². The molecule has 174 valence electrons. The number of sulfonamides is 1. The number of nitrogens with one attached hydrogen (secondary N) is 2. The van der Waals surface area contributed by atoms with Gasteiger partial charge in [-0.1, -0.05) is 23.7 Å². The minimum Gasteiger partial charge on any atom is -0.495 e. The number of anilines is 1. The average molecular weight is 490 g/mol. The van der Waals surface area contributed by atoms with Gasteiger partial charge in [0.05, 0.1) is 41.6 Å². The number of aryl methyl sites for hydroxylation is 1. The van der Waals surface area contributed by atoms with Gasteiger partial charge in [0.25, 0.3) is 15.9 Å². The summed E-state index contributed by atoms with van der Waals surface area (Å²) in [6.07, 6.45) is 1.64. The van der Waals surface area contributed by atoms with Gasteiger partial charge in [0, 0.05) is 17.8 Å². The number of halogens is 1. The van der Waals surface area contributed by atoms with E-state index in [1.54, 1.807) is 44.3 Å². The van der Waals surface area contributed by atoms with E-state index in [1.807, 2.05) is 6.07 Å². The number of pyridine rings is 1. The molecule has 33 heavy (non-hydrogen) atoms. The fraction of sp³-hybridized carbons (Fsp3) is 0.217. The van der Waals surface area contributed by atoms with E-state index in [2.05, 4.69) is 15.0 Å². The molecule has 1 heterocycles. The van der Waals surface area contributed by atoms with Crippen molar-refractivity contribution in [1.29, 1.82) is 0 Å². The van der Waals surface area contributed by atoms with Crippen molar-refractivity contribution in [2.75, 3.05) is 18.9 Å². The Kier molecular flexibility index (Phi) is 7.45. The molecule has 0 spiro atoms. The highest BCUT2D eigenvalue weighted by Crippen LogP contribution is 2.37. The van der Waals surface area contributed by atoms with E-state index in [1.165, 1.54) is 32.4 Å². The minimum atomic E-state index is -4.07. The predicted molar refractivity (Wildman–Crippen MR) is 127 cm³/mol. The Morgan fingerprint density at radius 2 is 1.79 bits per heavy atom. The number of carbonyl (C=O) groups excluding carboxylic acids is 1. The van der Waals surface area contributed by atoms with Gasteiger partial charge in [-0.3, -0.25) is 14.5 Å². The SMILES string of the molecule is COc1cc(OC)c(NS(=O)(=O)c2cc(C(=O)NC(C)c3ccccn3)ccc2C)cc1Cl. The molecule has 3 aromatic rings. The molecule has 3 rings (SSSR count). The highest BCUT2D eigenvalue weighted by molar-refractivity contribution is 7.92. The Morgan fingerprint density at radius 3 is 2.42 bits per heavy atom. The Hall–Kier alpha value is -3.30. The number of carbonyl (C=O) groups is 1. The molecule has 0 aliphatic carbocycles. The Morgan fingerprint density at radius 1 is 1.06 bits per heavy atom. The lowest BCUT2D eigenvalue weighted by Gasteiger charge is -2.16. The second-order valence-corrected chi connectivity index (χ2v) is 9.28. The molecule has 1 unspecified atom stereocenters. The van der Waals surface area contributed by atoms with Crippen LogP contribution < -0.4 is 19.5 Å². The van der Waals surface area contributed by atoms with Gasteiger partial charge in [0.2, 0.25) is 0 Å². The van der Waals surface area contributed by atoms with Gasteiger partial charge in [-0.15, -0.1) is 0 Å². The molecular formula is C23H24ClN3O5S. The van der Waals surface area contributed by atoms with Gasteiger partial charge < -0.3 is 14.8 Å². The summed E-state index contributed by atoms with van der Waals surface area (Å²) in [5.41, 5.74) is 1.50. The zero-order valence-electron chi connectivity index (χ0n) is 18.5. The number of methoxy groups -OCH3 is 2. The van der Waals surface area contributed by atoms with Crippen molar-refractivity contribution in [2.24, 2.45) is 0 Å². The molecule has 8 nitrogen and oxygen atoms in total. The van der Waals surface area contributed by atoms with Crippen LogP contribution in [0.1, 0.15) is 34.6 Å². The standard InChI is InChI=1S/C23H24ClN3O5S/c1-14-8-9-16(23(28)26-15(2)18-7-5-6-10-25-18)11-22(14)33(29,30)27-19-12-17(24)20(31-3)13-21(19)32-4/h5-13,15,27H,1-4H3,(H,26,28). The van der Waals surface area contributed by atoms with Crippen LogP contribution in [0.5, 0.6) is 11.5 Å². The maximum Gasteiger partial charge on any atom is 0.262 e. The first-order valence-corrected chi connectivity index (χ1v) is 11.8. The maximum atomic E-state index is 13.2. The lowest BCUT2D eigenvalue weighted by molar-refractivity contribution is 0.0939. The number of rotatable bonds is 8. The highest BCUT2D eigenvalue weighted by atomic mass is 35.5. The van der Waals surface area contributed by atoms with E-state index >= 15 is 0 Å². The van der Waals surface area contributed by atoms with Crippen molar-refractivity contribution < 1.29 is 22.7 Å². The third-order valence-electron chi connectivity index (χ3n) is 4.94. The van der Waals surface area contributed by atoms with Gasteiger partial charge in [-0.2, -0.15) is 0 Å². The summed E-state index contributed by atoms with van der Waals surface area (Å²) in [6, 6.07) is 12.4. The predicted octanol–water partition coefficient (Wildman–Crippen LogP) is 4.35. The monoisotopic (exact) mass is 489 g/mol. The van der Waals surface area contributed by atoms with Crippen LogP contribution in [-0.4, -0.2) is 33.5 Å². The normalized spacial score (nSPS) is 12.0. The van der Waals surface area contributed by atoms with Gasteiger partial charge in [-0.25, -0.2) is 8.42 Å². The highest BCUT2D eigenvalue weighted by Gasteiger charge is 2.22. The topological polar surface area (TPSA) is 107 Å². The quantitative estimate of drug-likeness (QED) is 0.487. The number of nitrogens with zero attached hydrogens (tertiary/aromatic N) is 1. The zero-order chi connectivity index (χ0) is 24.2. The molecular weight excluding hydrogens is 466 g/mol. The van der Waals surface area contributed by atoms with Crippen molar-refractivity contribution in [3.8, 4) is 11.5 Å². The second kappa shape index (κ2) is 10.1. The number of amides is 1. The molecule has 0 bridgehead atoms. The Bertz CT molecular complexity index is 1270. The van der Waals surface area contributed by atoms with Crippen LogP contribution in [0, 0.1) is 6.92 Å². The van der Waals surface area contributed by atoms with E-state index < -0.39 is 15.9 Å². The van der Waals surface area contributed by atoms with E-state index in [0.717, 1.165) is 0 Å². The molecule has 1 aromatic heterocycles. The summed E-state index contributed by atoms with van der Waals surface area (Å²) in [7, 11) is -1.23. The van der Waals surface area contributed by atoms with E-state index in [9.17, 15) is 13.2 Å². The molecule has 2 N–H and O–H groups in total. The van der Waals surface area contributed by atoms with Gasteiger partial charge in [-0.05, 0) is 49.7 Å². The molecule has 0 fully saturated rings. The first kappa shape index (κ1) is 24.3. The second-order valence-electron chi connectivity index (χ2n) is 7.22. The molecule has 1 amide bonds. The molecule has 0 aliphatic heterocycles.